The summed E-state index contributed by atoms with van der Waals surface area (Å²) in [5.41, 5.74) is 9.56. The molecule has 28 heavy (non-hydrogen) atoms. The topological polar surface area (TPSA) is 94.6 Å². The van der Waals surface area contributed by atoms with Gasteiger partial charge in [-0.05, 0) is 54.7 Å². The molecule has 6 heteroatoms. The molecule has 3 aromatic rings. The number of nitrogens with one attached hydrogen (secondary N) is 1. The summed E-state index contributed by atoms with van der Waals surface area (Å²) in [6.45, 7) is 0. The van der Waals surface area contributed by atoms with Gasteiger partial charge in [-0.1, -0.05) is 6.07 Å². The number of benzene rings is 2. The zero-order chi connectivity index (χ0) is 19.7. The summed E-state index contributed by atoms with van der Waals surface area (Å²) in [6.07, 6.45) is 4.58. The summed E-state index contributed by atoms with van der Waals surface area (Å²) in [6, 6.07) is 11.0. The molecule has 1 aromatic heterocycles. The van der Waals surface area contributed by atoms with Crippen molar-refractivity contribution in [3.05, 3.63) is 64.9 Å². The number of hydrogen-bond acceptors (Lipinski definition) is 4. The number of carbonyl (C=O) groups is 2. The van der Waals surface area contributed by atoms with Gasteiger partial charge in [0.05, 0.1) is 25.8 Å². The molecule has 0 fully saturated rings. The molecule has 0 saturated heterocycles. The summed E-state index contributed by atoms with van der Waals surface area (Å²) in [4.78, 5) is 24.1. The second-order valence-electron chi connectivity index (χ2n) is 7.09. The lowest BCUT2D eigenvalue weighted by Crippen LogP contribution is -2.32. The largest absolute Gasteiger partial charge is 0.497 e. The van der Waals surface area contributed by atoms with Crippen molar-refractivity contribution in [2.75, 3.05) is 7.11 Å². The van der Waals surface area contributed by atoms with E-state index in [1.807, 2.05) is 30.3 Å². The number of nitrogens with two attached hydrogens (primary N) is 1. The van der Waals surface area contributed by atoms with E-state index < -0.39 is 5.91 Å². The predicted octanol–water partition coefficient (Wildman–Crippen LogP) is 3.28. The van der Waals surface area contributed by atoms with Crippen molar-refractivity contribution in [2.24, 2.45) is 5.73 Å². The number of hydrogen-bond donors (Lipinski definition) is 2. The number of amides is 2. The van der Waals surface area contributed by atoms with E-state index in [9.17, 15) is 9.59 Å². The lowest BCUT2D eigenvalue weighted by Gasteiger charge is -2.26. The van der Waals surface area contributed by atoms with Crippen molar-refractivity contribution >= 4 is 22.8 Å². The average Bonchev–Trinajstić information content (AvgIpc) is 3.09. The fraction of sp³-hybridized carbons (Fsp3) is 0.273. The molecular weight excluding hydrogens is 356 g/mol. The van der Waals surface area contributed by atoms with Crippen molar-refractivity contribution in [1.29, 1.82) is 0 Å². The third-order valence-corrected chi connectivity index (χ3v) is 5.29. The average molecular weight is 378 g/mol. The fourth-order valence-electron chi connectivity index (χ4n) is 3.86. The Labute approximate surface area is 162 Å². The molecule has 144 valence electrons. The standard InChI is InChI=1S/C22H22N2O4/c1-27-16-6-8-18-15(12-28-20(18)11-16)10-21(25)24-19-4-2-3-13-9-14(22(23)26)5-7-17(13)19/h5-9,11-12,19H,2-4,10H2,1H3,(H2,23,26)(H,24,25). The Hall–Kier alpha value is -3.28. The number of aryl methyl sites for hydroxylation is 1. The summed E-state index contributed by atoms with van der Waals surface area (Å²) >= 11 is 0. The molecule has 0 saturated carbocycles. The van der Waals surface area contributed by atoms with Crippen LogP contribution in [0.25, 0.3) is 11.0 Å². The molecule has 0 radical (unpaired) electrons. The van der Waals surface area contributed by atoms with E-state index in [0.717, 1.165) is 41.3 Å². The molecule has 0 bridgehead atoms. The summed E-state index contributed by atoms with van der Waals surface area (Å²) in [5, 5.41) is 4.04. The van der Waals surface area contributed by atoms with Gasteiger partial charge in [0.2, 0.25) is 11.8 Å². The molecule has 4 rings (SSSR count). The second-order valence-corrected chi connectivity index (χ2v) is 7.09. The number of furan rings is 1. The first-order chi connectivity index (χ1) is 13.5. The molecule has 1 unspecified atom stereocenters. The van der Waals surface area contributed by atoms with Crippen LogP contribution in [0.5, 0.6) is 5.75 Å². The van der Waals surface area contributed by atoms with E-state index in [4.69, 9.17) is 14.9 Å². The second kappa shape index (κ2) is 7.38. The SMILES string of the molecule is COc1ccc2c(CC(=O)NC3CCCc4cc(C(N)=O)ccc43)coc2c1. The number of rotatable bonds is 5. The summed E-state index contributed by atoms with van der Waals surface area (Å²) < 4.78 is 10.8. The van der Waals surface area contributed by atoms with Crippen LogP contribution in [0.2, 0.25) is 0 Å². The van der Waals surface area contributed by atoms with E-state index in [2.05, 4.69) is 5.32 Å². The lowest BCUT2D eigenvalue weighted by atomic mass is 9.86. The van der Waals surface area contributed by atoms with Crippen LogP contribution in [0.3, 0.4) is 0 Å². The van der Waals surface area contributed by atoms with Crippen LogP contribution in [-0.4, -0.2) is 18.9 Å². The van der Waals surface area contributed by atoms with Crippen LogP contribution in [0, 0.1) is 0 Å². The monoisotopic (exact) mass is 378 g/mol. The summed E-state index contributed by atoms with van der Waals surface area (Å²) in [7, 11) is 1.60. The lowest BCUT2D eigenvalue weighted by molar-refractivity contribution is -0.121. The Morgan fingerprint density at radius 1 is 1.25 bits per heavy atom. The van der Waals surface area contributed by atoms with Crippen molar-refractivity contribution < 1.29 is 18.7 Å². The number of methoxy groups -OCH3 is 1. The Morgan fingerprint density at radius 2 is 2.11 bits per heavy atom. The highest BCUT2D eigenvalue weighted by Crippen LogP contribution is 2.31. The Morgan fingerprint density at radius 3 is 2.89 bits per heavy atom. The first-order valence-electron chi connectivity index (χ1n) is 9.31. The third kappa shape index (κ3) is 3.45. The number of carbonyl (C=O) groups excluding carboxylic acids is 2. The minimum atomic E-state index is -0.433. The maximum Gasteiger partial charge on any atom is 0.248 e. The van der Waals surface area contributed by atoms with E-state index in [1.165, 1.54) is 0 Å². The van der Waals surface area contributed by atoms with Gasteiger partial charge in [-0.25, -0.2) is 0 Å². The number of ether oxygens (including phenoxy) is 1. The highest BCUT2D eigenvalue weighted by Gasteiger charge is 2.23. The van der Waals surface area contributed by atoms with Crippen LogP contribution >= 0.6 is 0 Å². The normalized spacial score (nSPS) is 15.8. The van der Waals surface area contributed by atoms with Gasteiger partial charge >= 0.3 is 0 Å². The van der Waals surface area contributed by atoms with Crippen LogP contribution in [-0.2, 0) is 17.6 Å². The van der Waals surface area contributed by atoms with E-state index in [1.54, 1.807) is 19.4 Å². The number of primary amides is 1. The van der Waals surface area contributed by atoms with Crippen LogP contribution < -0.4 is 15.8 Å². The molecule has 3 N–H and O–H groups in total. The molecule has 6 nitrogen and oxygen atoms in total. The summed E-state index contributed by atoms with van der Waals surface area (Å²) in [5.74, 6) is 0.222. The molecule has 2 aromatic carbocycles. The molecule has 1 heterocycles. The maximum absolute atomic E-state index is 12.7. The van der Waals surface area contributed by atoms with Gasteiger partial charge in [0.25, 0.3) is 0 Å². The molecule has 0 spiro atoms. The molecule has 1 aliphatic rings. The molecule has 1 aliphatic carbocycles. The van der Waals surface area contributed by atoms with E-state index in [0.29, 0.717) is 16.9 Å². The Kier molecular flexibility index (Phi) is 4.77. The van der Waals surface area contributed by atoms with Crippen LogP contribution in [0.1, 0.15) is 45.9 Å². The third-order valence-electron chi connectivity index (χ3n) is 5.29. The van der Waals surface area contributed by atoms with Gasteiger partial charge in [-0.3, -0.25) is 9.59 Å². The van der Waals surface area contributed by atoms with Gasteiger partial charge < -0.3 is 20.2 Å². The predicted molar refractivity (Wildman–Crippen MR) is 105 cm³/mol. The van der Waals surface area contributed by atoms with Gasteiger partial charge in [-0.2, -0.15) is 0 Å². The van der Waals surface area contributed by atoms with Crippen molar-refractivity contribution in [3.8, 4) is 5.75 Å². The number of fused-ring (bicyclic) bond motifs is 2. The van der Waals surface area contributed by atoms with Gasteiger partial charge in [0.1, 0.15) is 11.3 Å². The Bertz CT molecular complexity index is 1050. The molecule has 1 atom stereocenters. The van der Waals surface area contributed by atoms with Crippen LogP contribution in [0.4, 0.5) is 0 Å². The molecule has 0 aliphatic heterocycles. The van der Waals surface area contributed by atoms with Crippen molar-refractivity contribution in [2.45, 2.75) is 31.7 Å². The quantitative estimate of drug-likeness (QED) is 0.712. The maximum atomic E-state index is 12.7. The van der Waals surface area contributed by atoms with Crippen molar-refractivity contribution in [3.63, 3.8) is 0 Å². The highest BCUT2D eigenvalue weighted by molar-refractivity contribution is 5.93. The van der Waals surface area contributed by atoms with Crippen LogP contribution in [0.15, 0.2) is 47.1 Å². The zero-order valence-corrected chi connectivity index (χ0v) is 15.7. The van der Waals surface area contributed by atoms with Crippen molar-refractivity contribution in [1.82, 2.24) is 5.32 Å². The first kappa shape index (κ1) is 18.1. The van der Waals surface area contributed by atoms with E-state index in [-0.39, 0.29) is 18.4 Å². The smallest absolute Gasteiger partial charge is 0.248 e. The molecule has 2 amide bonds. The Balaban J connectivity index is 1.50. The van der Waals surface area contributed by atoms with Gasteiger partial charge in [-0.15, -0.1) is 0 Å². The minimum Gasteiger partial charge on any atom is -0.497 e. The van der Waals surface area contributed by atoms with Gasteiger partial charge in [0, 0.05) is 22.6 Å². The van der Waals surface area contributed by atoms with Gasteiger partial charge in [0.15, 0.2) is 0 Å². The zero-order valence-electron chi connectivity index (χ0n) is 15.7. The van der Waals surface area contributed by atoms with E-state index >= 15 is 0 Å². The first-order valence-corrected chi connectivity index (χ1v) is 9.31. The highest BCUT2D eigenvalue weighted by atomic mass is 16.5. The fourth-order valence-corrected chi connectivity index (χ4v) is 3.86. The molecular formula is C22H22N2O4. The minimum absolute atomic E-state index is 0.0589.